The molecule has 0 radical (unpaired) electrons. The molecule has 0 aromatic heterocycles. The van der Waals surface area contributed by atoms with Crippen LogP contribution in [0, 0.1) is 0 Å². The molecule has 0 saturated carbocycles. The zero-order valence-corrected chi connectivity index (χ0v) is 5.53. The summed E-state index contributed by atoms with van der Waals surface area (Å²) >= 11 is 0. The molecule has 0 spiro atoms. The van der Waals surface area contributed by atoms with Crippen LogP contribution in [-0.2, 0) is 4.57 Å². The van der Waals surface area contributed by atoms with Crippen molar-refractivity contribution in [3.8, 4) is 0 Å². The lowest BCUT2D eigenvalue weighted by molar-refractivity contribution is 0.465. The van der Waals surface area contributed by atoms with Crippen molar-refractivity contribution in [1.82, 2.24) is 5.32 Å². The van der Waals surface area contributed by atoms with Crippen molar-refractivity contribution in [3.63, 3.8) is 0 Å². The average molecular weight is 135 g/mol. The summed E-state index contributed by atoms with van der Waals surface area (Å²) in [5.41, 5.74) is 0. The summed E-state index contributed by atoms with van der Waals surface area (Å²) in [5.74, 6) is 0. The molecule has 1 aliphatic rings. The average Bonchev–Trinajstić information content (AvgIpc) is 1.65. The molecule has 0 aliphatic carbocycles. The molecular formula is C4H10NO2P. The minimum absolute atomic E-state index is 0.451. The van der Waals surface area contributed by atoms with Gasteiger partial charge in [-0.2, -0.15) is 0 Å². The summed E-state index contributed by atoms with van der Waals surface area (Å²) in [6, 6.07) is 0. The lowest BCUT2D eigenvalue weighted by Crippen LogP contribution is -2.28. The number of rotatable bonds is 0. The molecule has 0 aromatic rings. The lowest BCUT2D eigenvalue weighted by atomic mass is 10.6. The normalized spacial score (nSPS) is 27.6. The highest BCUT2D eigenvalue weighted by Crippen LogP contribution is 2.40. The van der Waals surface area contributed by atoms with E-state index >= 15 is 0 Å². The Labute approximate surface area is 48.5 Å². The highest BCUT2D eigenvalue weighted by Gasteiger charge is 2.20. The van der Waals surface area contributed by atoms with Crippen LogP contribution >= 0.6 is 7.37 Å². The Morgan fingerprint density at radius 2 is 1.88 bits per heavy atom. The van der Waals surface area contributed by atoms with E-state index in [9.17, 15) is 4.57 Å². The highest BCUT2D eigenvalue weighted by molar-refractivity contribution is 7.58. The van der Waals surface area contributed by atoms with E-state index in [0.717, 1.165) is 0 Å². The van der Waals surface area contributed by atoms with E-state index in [1.807, 2.05) is 0 Å². The van der Waals surface area contributed by atoms with Crippen LogP contribution in [0.4, 0.5) is 0 Å². The SMILES string of the molecule is O=P1(O)CCNCC1. The molecule has 0 unspecified atom stereocenters. The highest BCUT2D eigenvalue weighted by atomic mass is 31.2. The topological polar surface area (TPSA) is 49.3 Å². The molecule has 1 aliphatic heterocycles. The summed E-state index contributed by atoms with van der Waals surface area (Å²) in [4.78, 5) is 8.89. The van der Waals surface area contributed by atoms with Gasteiger partial charge in [0.25, 0.3) is 0 Å². The molecule has 1 fully saturated rings. The lowest BCUT2D eigenvalue weighted by Gasteiger charge is -2.17. The Morgan fingerprint density at radius 1 is 1.38 bits per heavy atom. The second-order valence-electron chi connectivity index (χ2n) is 2.04. The van der Waals surface area contributed by atoms with Crippen LogP contribution in [0.5, 0.6) is 0 Å². The molecule has 0 aromatic carbocycles. The summed E-state index contributed by atoms with van der Waals surface area (Å²) < 4.78 is 10.7. The Morgan fingerprint density at radius 3 is 2.12 bits per heavy atom. The van der Waals surface area contributed by atoms with Gasteiger partial charge in [0.05, 0.1) is 0 Å². The van der Waals surface area contributed by atoms with Gasteiger partial charge in [-0.1, -0.05) is 0 Å². The largest absolute Gasteiger partial charge is 0.344 e. The predicted molar refractivity (Wildman–Crippen MR) is 32.4 cm³/mol. The van der Waals surface area contributed by atoms with Gasteiger partial charge in [-0.05, 0) is 0 Å². The first-order chi connectivity index (χ1) is 3.71. The van der Waals surface area contributed by atoms with Crippen molar-refractivity contribution in [3.05, 3.63) is 0 Å². The fraction of sp³-hybridized carbons (Fsp3) is 1.00. The monoisotopic (exact) mass is 135 g/mol. The van der Waals surface area contributed by atoms with Gasteiger partial charge in [-0.25, -0.2) is 0 Å². The van der Waals surface area contributed by atoms with Crippen molar-refractivity contribution in [2.45, 2.75) is 0 Å². The van der Waals surface area contributed by atoms with E-state index in [1.165, 1.54) is 0 Å². The Hall–Kier alpha value is 0.150. The van der Waals surface area contributed by atoms with Gasteiger partial charge >= 0.3 is 0 Å². The van der Waals surface area contributed by atoms with Gasteiger partial charge in [-0.3, -0.25) is 4.57 Å². The number of hydrogen-bond acceptors (Lipinski definition) is 2. The van der Waals surface area contributed by atoms with Gasteiger partial charge in [0, 0.05) is 25.4 Å². The Kier molecular flexibility index (Phi) is 1.71. The summed E-state index contributed by atoms with van der Waals surface area (Å²) in [7, 11) is -2.65. The minimum atomic E-state index is -2.65. The third kappa shape index (κ3) is 1.58. The third-order valence-electron chi connectivity index (χ3n) is 1.28. The Balaban J connectivity index is 2.45. The van der Waals surface area contributed by atoms with Crippen LogP contribution in [0.15, 0.2) is 0 Å². The first kappa shape index (κ1) is 6.27. The van der Waals surface area contributed by atoms with Crippen LogP contribution in [0.2, 0.25) is 0 Å². The van der Waals surface area contributed by atoms with E-state index in [4.69, 9.17) is 4.89 Å². The van der Waals surface area contributed by atoms with Crippen LogP contribution in [0.1, 0.15) is 0 Å². The van der Waals surface area contributed by atoms with Gasteiger partial charge in [-0.15, -0.1) is 0 Å². The first-order valence-corrected chi connectivity index (χ1v) is 4.75. The quantitative estimate of drug-likeness (QED) is 0.454. The standard InChI is InChI=1S/C4H10NO2P/c6-8(7)3-1-5-2-4-8/h5H,1-4H2,(H,6,7). The molecule has 0 atom stereocenters. The maximum atomic E-state index is 10.7. The fourth-order valence-electron chi connectivity index (χ4n) is 0.744. The van der Waals surface area contributed by atoms with Gasteiger partial charge in [0.2, 0.25) is 7.37 Å². The zero-order valence-electron chi connectivity index (χ0n) is 4.63. The maximum Gasteiger partial charge on any atom is 0.203 e. The molecule has 4 heteroatoms. The van der Waals surface area contributed by atoms with E-state index < -0.39 is 7.37 Å². The molecule has 3 nitrogen and oxygen atoms in total. The zero-order chi connectivity index (χ0) is 6.04. The smallest absolute Gasteiger partial charge is 0.203 e. The molecule has 0 bridgehead atoms. The van der Waals surface area contributed by atoms with Crippen LogP contribution in [-0.4, -0.2) is 30.3 Å². The van der Waals surface area contributed by atoms with Gasteiger partial charge in [0.15, 0.2) is 0 Å². The molecule has 1 saturated heterocycles. The van der Waals surface area contributed by atoms with Gasteiger partial charge < -0.3 is 10.2 Å². The van der Waals surface area contributed by atoms with Crippen LogP contribution in [0.3, 0.4) is 0 Å². The van der Waals surface area contributed by atoms with Crippen molar-refractivity contribution >= 4 is 7.37 Å². The second-order valence-corrected chi connectivity index (χ2v) is 4.63. The van der Waals surface area contributed by atoms with Crippen molar-refractivity contribution in [2.75, 3.05) is 25.4 Å². The predicted octanol–water partition coefficient (Wildman–Crippen LogP) is -0.140. The fourth-order valence-corrected chi connectivity index (χ4v) is 1.98. The van der Waals surface area contributed by atoms with E-state index in [2.05, 4.69) is 5.32 Å². The molecule has 0 amide bonds. The maximum absolute atomic E-state index is 10.7. The van der Waals surface area contributed by atoms with E-state index in [1.54, 1.807) is 0 Å². The molecule has 1 heterocycles. The third-order valence-corrected chi connectivity index (χ3v) is 3.12. The summed E-state index contributed by atoms with van der Waals surface area (Å²) in [6.07, 6.45) is 0.903. The molecule has 2 N–H and O–H groups in total. The molecular weight excluding hydrogens is 125 g/mol. The van der Waals surface area contributed by atoms with Gasteiger partial charge in [0.1, 0.15) is 0 Å². The minimum Gasteiger partial charge on any atom is -0.344 e. The van der Waals surface area contributed by atoms with E-state index in [-0.39, 0.29) is 0 Å². The molecule has 1 rings (SSSR count). The summed E-state index contributed by atoms with van der Waals surface area (Å²) in [5, 5.41) is 3.01. The van der Waals surface area contributed by atoms with E-state index in [0.29, 0.717) is 25.4 Å². The molecule has 8 heavy (non-hydrogen) atoms. The van der Waals surface area contributed by atoms with Crippen molar-refractivity contribution in [2.24, 2.45) is 0 Å². The molecule has 48 valence electrons. The summed E-state index contributed by atoms with van der Waals surface area (Å²) in [6.45, 7) is 1.40. The number of nitrogens with one attached hydrogen (secondary N) is 1. The Bertz CT molecular complexity index is 115. The van der Waals surface area contributed by atoms with Crippen molar-refractivity contribution in [1.29, 1.82) is 0 Å². The first-order valence-electron chi connectivity index (χ1n) is 2.72. The number of hydrogen-bond donors (Lipinski definition) is 2. The second kappa shape index (κ2) is 2.18. The van der Waals surface area contributed by atoms with Crippen LogP contribution in [0.25, 0.3) is 0 Å². The van der Waals surface area contributed by atoms with Crippen molar-refractivity contribution < 1.29 is 9.46 Å². The van der Waals surface area contributed by atoms with Crippen LogP contribution < -0.4 is 5.32 Å².